The lowest BCUT2D eigenvalue weighted by atomic mass is 10.0. The van der Waals surface area contributed by atoms with E-state index < -0.39 is 0 Å². The summed E-state index contributed by atoms with van der Waals surface area (Å²) in [6, 6.07) is 16.0. The number of carbonyl (C=O) groups is 1. The molecule has 2 aromatic carbocycles. The van der Waals surface area contributed by atoms with Crippen molar-refractivity contribution in [1.29, 1.82) is 0 Å². The molecule has 0 aromatic heterocycles. The minimum Gasteiger partial charge on any atom is -0.497 e. The number of methoxy groups -OCH3 is 1. The topological polar surface area (TPSA) is 50.4 Å². The zero-order chi connectivity index (χ0) is 18.1. The number of carbonyl (C=O) groups excluding carboxylic acids is 1. The van der Waals surface area contributed by atoms with Gasteiger partial charge in [-0.2, -0.15) is 0 Å². The molecule has 0 fully saturated rings. The van der Waals surface area contributed by atoms with Crippen LogP contribution in [0.4, 0.5) is 5.69 Å². The minimum atomic E-state index is 0.0435. The van der Waals surface area contributed by atoms with Crippen molar-refractivity contribution in [2.24, 2.45) is 0 Å². The van der Waals surface area contributed by atoms with E-state index in [1.807, 2.05) is 36.4 Å². The molecule has 4 nitrogen and oxygen atoms in total. The lowest BCUT2D eigenvalue weighted by Gasteiger charge is -2.13. The Hall–Kier alpha value is -2.33. The van der Waals surface area contributed by atoms with Gasteiger partial charge < -0.3 is 15.4 Å². The zero-order valence-electron chi connectivity index (χ0n) is 15.3. The van der Waals surface area contributed by atoms with Gasteiger partial charge in [-0.05, 0) is 48.2 Å². The standard InChI is InChI=1S/C21H28N2O2/c1-16(2)19-9-4-5-10-20(19)23-21(24)12-14-22-13-11-17-7-6-8-18(15-17)25-3/h4-10,15-16,22H,11-14H2,1-3H3,(H,23,24). The first kappa shape index (κ1) is 19.0. The number of hydrogen-bond donors (Lipinski definition) is 2. The maximum absolute atomic E-state index is 12.1. The Kier molecular flexibility index (Phi) is 7.48. The highest BCUT2D eigenvalue weighted by molar-refractivity contribution is 5.91. The average molecular weight is 340 g/mol. The molecule has 2 N–H and O–H groups in total. The first-order chi connectivity index (χ1) is 12.1. The Morgan fingerprint density at radius 2 is 1.88 bits per heavy atom. The summed E-state index contributed by atoms with van der Waals surface area (Å²) in [7, 11) is 1.67. The number of rotatable bonds is 9. The maximum Gasteiger partial charge on any atom is 0.225 e. The second-order valence-corrected chi connectivity index (χ2v) is 6.39. The highest BCUT2D eigenvalue weighted by Gasteiger charge is 2.08. The van der Waals surface area contributed by atoms with Crippen molar-refractivity contribution in [3.63, 3.8) is 0 Å². The highest BCUT2D eigenvalue weighted by Crippen LogP contribution is 2.23. The molecule has 0 saturated carbocycles. The van der Waals surface area contributed by atoms with Crippen LogP contribution < -0.4 is 15.4 Å². The molecule has 0 bridgehead atoms. The number of benzene rings is 2. The summed E-state index contributed by atoms with van der Waals surface area (Å²) in [5.74, 6) is 1.31. The van der Waals surface area contributed by atoms with Gasteiger partial charge in [-0.1, -0.05) is 44.2 Å². The Bertz CT molecular complexity index is 683. The van der Waals surface area contributed by atoms with Crippen LogP contribution in [-0.4, -0.2) is 26.1 Å². The molecule has 0 atom stereocenters. The fourth-order valence-electron chi connectivity index (χ4n) is 2.71. The fourth-order valence-corrected chi connectivity index (χ4v) is 2.71. The highest BCUT2D eigenvalue weighted by atomic mass is 16.5. The van der Waals surface area contributed by atoms with Crippen LogP contribution in [0.15, 0.2) is 48.5 Å². The van der Waals surface area contributed by atoms with Crippen LogP contribution >= 0.6 is 0 Å². The Balaban J connectivity index is 1.70. The van der Waals surface area contributed by atoms with Gasteiger partial charge in [0.1, 0.15) is 5.75 Å². The van der Waals surface area contributed by atoms with Gasteiger partial charge in [0.25, 0.3) is 0 Å². The SMILES string of the molecule is COc1cccc(CCNCCC(=O)Nc2ccccc2C(C)C)c1. The van der Waals surface area contributed by atoms with Crippen molar-refractivity contribution in [1.82, 2.24) is 5.32 Å². The lowest BCUT2D eigenvalue weighted by Crippen LogP contribution is -2.24. The molecule has 2 rings (SSSR count). The van der Waals surface area contributed by atoms with E-state index in [4.69, 9.17) is 4.74 Å². The molecule has 2 aromatic rings. The fraction of sp³-hybridized carbons (Fsp3) is 0.381. The summed E-state index contributed by atoms with van der Waals surface area (Å²) in [6.07, 6.45) is 1.37. The average Bonchev–Trinajstić information content (AvgIpc) is 2.62. The number of ether oxygens (including phenoxy) is 1. The van der Waals surface area contributed by atoms with Crippen LogP contribution in [0.1, 0.15) is 37.3 Å². The monoisotopic (exact) mass is 340 g/mol. The largest absolute Gasteiger partial charge is 0.497 e. The van der Waals surface area contributed by atoms with E-state index in [1.165, 1.54) is 11.1 Å². The van der Waals surface area contributed by atoms with Crippen LogP contribution in [0.5, 0.6) is 5.75 Å². The number of hydrogen-bond acceptors (Lipinski definition) is 3. The first-order valence-electron chi connectivity index (χ1n) is 8.82. The molecule has 0 radical (unpaired) electrons. The normalized spacial score (nSPS) is 10.7. The lowest BCUT2D eigenvalue weighted by molar-refractivity contribution is -0.116. The molecule has 25 heavy (non-hydrogen) atoms. The quantitative estimate of drug-likeness (QED) is 0.679. The molecule has 134 valence electrons. The molecule has 4 heteroatoms. The maximum atomic E-state index is 12.1. The van der Waals surface area contributed by atoms with Crippen LogP contribution in [0, 0.1) is 0 Å². The zero-order valence-corrected chi connectivity index (χ0v) is 15.3. The minimum absolute atomic E-state index is 0.0435. The Morgan fingerprint density at radius 3 is 2.64 bits per heavy atom. The molecule has 0 aliphatic carbocycles. The summed E-state index contributed by atoms with van der Waals surface area (Å²) in [4.78, 5) is 12.1. The van der Waals surface area contributed by atoms with E-state index in [0.29, 0.717) is 18.9 Å². The molecule has 0 saturated heterocycles. The second kappa shape index (κ2) is 9.84. The van der Waals surface area contributed by atoms with Gasteiger partial charge in [0.2, 0.25) is 5.91 Å². The van der Waals surface area contributed by atoms with Crippen molar-refractivity contribution >= 4 is 11.6 Å². The number of amides is 1. The summed E-state index contributed by atoms with van der Waals surface area (Å²) in [6.45, 7) is 5.76. The van der Waals surface area contributed by atoms with Crippen molar-refractivity contribution in [3.8, 4) is 5.75 Å². The van der Waals surface area contributed by atoms with Crippen LogP contribution in [-0.2, 0) is 11.2 Å². The van der Waals surface area contributed by atoms with Gasteiger partial charge in [0, 0.05) is 18.7 Å². The Morgan fingerprint density at radius 1 is 1.08 bits per heavy atom. The Labute approximate surface area is 150 Å². The summed E-state index contributed by atoms with van der Waals surface area (Å²) < 4.78 is 5.22. The predicted octanol–water partition coefficient (Wildman–Crippen LogP) is 3.98. The van der Waals surface area contributed by atoms with Crippen molar-refractivity contribution in [2.75, 3.05) is 25.5 Å². The predicted molar refractivity (Wildman–Crippen MR) is 103 cm³/mol. The first-order valence-corrected chi connectivity index (χ1v) is 8.82. The third kappa shape index (κ3) is 6.24. The third-order valence-electron chi connectivity index (χ3n) is 4.11. The number of nitrogens with one attached hydrogen (secondary N) is 2. The van der Waals surface area contributed by atoms with Gasteiger partial charge in [0.15, 0.2) is 0 Å². The van der Waals surface area contributed by atoms with E-state index in [1.54, 1.807) is 7.11 Å². The van der Waals surface area contributed by atoms with E-state index in [9.17, 15) is 4.79 Å². The number of anilines is 1. The van der Waals surface area contributed by atoms with Crippen LogP contribution in [0.3, 0.4) is 0 Å². The molecule has 0 unspecified atom stereocenters. The third-order valence-corrected chi connectivity index (χ3v) is 4.11. The van der Waals surface area contributed by atoms with Gasteiger partial charge >= 0.3 is 0 Å². The molecular weight excluding hydrogens is 312 g/mol. The summed E-state index contributed by atoms with van der Waals surface area (Å²) in [5, 5.41) is 6.34. The van der Waals surface area contributed by atoms with Crippen LogP contribution in [0.2, 0.25) is 0 Å². The summed E-state index contributed by atoms with van der Waals surface area (Å²) in [5.41, 5.74) is 3.31. The van der Waals surface area contributed by atoms with Crippen LogP contribution in [0.25, 0.3) is 0 Å². The van der Waals surface area contributed by atoms with Gasteiger partial charge in [-0.25, -0.2) is 0 Å². The van der Waals surface area contributed by atoms with E-state index in [-0.39, 0.29) is 5.91 Å². The summed E-state index contributed by atoms with van der Waals surface area (Å²) >= 11 is 0. The van der Waals surface area contributed by atoms with Gasteiger partial charge in [-0.3, -0.25) is 4.79 Å². The molecule has 0 aliphatic rings. The van der Waals surface area contributed by atoms with Gasteiger partial charge in [-0.15, -0.1) is 0 Å². The molecular formula is C21H28N2O2. The number of para-hydroxylation sites is 1. The molecule has 1 amide bonds. The van der Waals surface area contributed by atoms with Gasteiger partial charge in [0.05, 0.1) is 7.11 Å². The molecule has 0 heterocycles. The van der Waals surface area contributed by atoms with E-state index >= 15 is 0 Å². The van der Waals surface area contributed by atoms with Crippen molar-refractivity contribution in [3.05, 3.63) is 59.7 Å². The smallest absolute Gasteiger partial charge is 0.225 e. The van der Waals surface area contributed by atoms with E-state index in [0.717, 1.165) is 24.4 Å². The molecule has 0 aliphatic heterocycles. The van der Waals surface area contributed by atoms with E-state index in [2.05, 4.69) is 36.6 Å². The second-order valence-electron chi connectivity index (χ2n) is 6.39. The van der Waals surface area contributed by atoms with Crippen molar-refractivity contribution in [2.45, 2.75) is 32.6 Å². The molecule has 0 spiro atoms. The van der Waals surface area contributed by atoms with Crippen molar-refractivity contribution < 1.29 is 9.53 Å².